The molecule has 0 bridgehead atoms. The van der Waals surface area contributed by atoms with Crippen LogP contribution in [0, 0.1) is 0 Å². The van der Waals surface area contributed by atoms with Gasteiger partial charge in [-0.3, -0.25) is 9.69 Å². The van der Waals surface area contributed by atoms with Gasteiger partial charge < -0.3 is 9.64 Å². The van der Waals surface area contributed by atoms with Crippen molar-refractivity contribution in [2.75, 3.05) is 39.9 Å². The first-order valence-corrected chi connectivity index (χ1v) is 6.33. The monoisotopic (exact) mass is 248 g/mol. The Morgan fingerprint density at radius 3 is 2.61 bits per heavy atom. The topological polar surface area (TPSA) is 32.8 Å². The van der Waals surface area contributed by atoms with Crippen molar-refractivity contribution in [1.29, 1.82) is 0 Å². The first-order chi connectivity index (χ1) is 8.75. The molecule has 1 heterocycles. The Morgan fingerprint density at radius 1 is 1.28 bits per heavy atom. The molecule has 0 aromatic heterocycles. The zero-order chi connectivity index (χ0) is 12.8. The van der Waals surface area contributed by atoms with E-state index in [0.29, 0.717) is 13.1 Å². The largest absolute Gasteiger partial charge is 0.379 e. The number of hydrogen-bond donors (Lipinski definition) is 0. The summed E-state index contributed by atoms with van der Waals surface area (Å²) >= 11 is 0. The Bertz CT molecular complexity index is 375. The number of rotatable bonds is 4. The maximum absolute atomic E-state index is 12.1. The highest BCUT2D eigenvalue weighted by Gasteiger charge is 2.16. The van der Waals surface area contributed by atoms with Gasteiger partial charge in [0.2, 0.25) is 5.91 Å². The maximum atomic E-state index is 12.1. The van der Waals surface area contributed by atoms with Crippen molar-refractivity contribution in [1.82, 2.24) is 9.80 Å². The molecule has 0 aliphatic carbocycles. The minimum absolute atomic E-state index is 0.167. The number of carbonyl (C=O) groups excluding carboxylic acids is 1. The molecule has 0 N–H and O–H groups in total. The van der Waals surface area contributed by atoms with Crippen LogP contribution in [0.4, 0.5) is 0 Å². The Kier molecular flexibility index (Phi) is 4.73. The second kappa shape index (κ2) is 6.52. The number of carbonyl (C=O) groups is 1. The van der Waals surface area contributed by atoms with Crippen molar-refractivity contribution in [3.8, 4) is 0 Å². The summed E-state index contributed by atoms with van der Waals surface area (Å²) in [6.07, 6.45) is 0. The van der Waals surface area contributed by atoms with E-state index in [9.17, 15) is 4.79 Å². The van der Waals surface area contributed by atoms with Crippen LogP contribution in [-0.4, -0.2) is 55.6 Å². The molecule has 98 valence electrons. The summed E-state index contributed by atoms with van der Waals surface area (Å²) in [5.41, 5.74) is 1.16. The standard InChI is InChI=1S/C14H20N2O2/c1-15(11-13-5-3-2-4-6-13)14(17)12-16-7-9-18-10-8-16/h2-6H,7-12H2,1H3. The van der Waals surface area contributed by atoms with E-state index in [2.05, 4.69) is 4.90 Å². The molecule has 4 nitrogen and oxygen atoms in total. The van der Waals surface area contributed by atoms with Crippen LogP contribution in [0.25, 0.3) is 0 Å². The lowest BCUT2D eigenvalue weighted by atomic mass is 10.2. The van der Waals surface area contributed by atoms with Gasteiger partial charge in [-0.05, 0) is 5.56 Å². The van der Waals surface area contributed by atoms with E-state index >= 15 is 0 Å². The summed E-state index contributed by atoms with van der Waals surface area (Å²) in [7, 11) is 1.86. The van der Waals surface area contributed by atoms with E-state index in [1.807, 2.05) is 37.4 Å². The summed E-state index contributed by atoms with van der Waals surface area (Å²) in [5, 5.41) is 0. The van der Waals surface area contributed by atoms with Crippen LogP contribution >= 0.6 is 0 Å². The van der Waals surface area contributed by atoms with Crippen LogP contribution in [0.2, 0.25) is 0 Å². The normalized spacial score (nSPS) is 16.5. The van der Waals surface area contributed by atoms with E-state index in [0.717, 1.165) is 31.9 Å². The van der Waals surface area contributed by atoms with Gasteiger partial charge in [-0.2, -0.15) is 0 Å². The maximum Gasteiger partial charge on any atom is 0.236 e. The van der Waals surface area contributed by atoms with E-state index in [1.165, 1.54) is 0 Å². The van der Waals surface area contributed by atoms with Crippen molar-refractivity contribution in [2.45, 2.75) is 6.54 Å². The van der Waals surface area contributed by atoms with Crippen LogP contribution < -0.4 is 0 Å². The van der Waals surface area contributed by atoms with Crippen LogP contribution in [0.1, 0.15) is 5.56 Å². The quantitative estimate of drug-likeness (QED) is 0.796. The summed E-state index contributed by atoms with van der Waals surface area (Å²) < 4.78 is 5.27. The lowest BCUT2D eigenvalue weighted by molar-refractivity contribution is -0.132. The predicted octanol–water partition coefficient (Wildman–Crippen LogP) is 0.977. The average molecular weight is 248 g/mol. The molecule has 1 aliphatic rings. The highest BCUT2D eigenvalue weighted by molar-refractivity contribution is 5.78. The van der Waals surface area contributed by atoms with Gasteiger partial charge in [0.25, 0.3) is 0 Å². The molecule has 1 fully saturated rings. The van der Waals surface area contributed by atoms with E-state index < -0.39 is 0 Å². The fourth-order valence-electron chi connectivity index (χ4n) is 2.02. The number of morpholine rings is 1. The average Bonchev–Trinajstić information content (AvgIpc) is 2.41. The molecule has 0 unspecified atom stereocenters. The molecule has 2 rings (SSSR count). The number of nitrogens with zero attached hydrogens (tertiary/aromatic N) is 2. The highest BCUT2D eigenvalue weighted by Crippen LogP contribution is 2.04. The molecule has 1 aliphatic heterocycles. The Labute approximate surface area is 108 Å². The van der Waals surface area contributed by atoms with Gasteiger partial charge >= 0.3 is 0 Å². The Hall–Kier alpha value is -1.39. The number of amides is 1. The first-order valence-electron chi connectivity index (χ1n) is 6.33. The molecule has 0 spiro atoms. The summed E-state index contributed by atoms with van der Waals surface area (Å²) in [4.78, 5) is 16.0. The van der Waals surface area contributed by atoms with Crippen molar-refractivity contribution in [3.05, 3.63) is 35.9 Å². The number of hydrogen-bond acceptors (Lipinski definition) is 3. The minimum Gasteiger partial charge on any atom is -0.379 e. The van der Waals surface area contributed by atoms with Gasteiger partial charge in [0.15, 0.2) is 0 Å². The van der Waals surface area contributed by atoms with Crippen LogP contribution in [-0.2, 0) is 16.1 Å². The third kappa shape index (κ3) is 3.82. The Morgan fingerprint density at radius 2 is 1.94 bits per heavy atom. The molecule has 0 saturated carbocycles. The molecule has 18 heavy (non-hydrogen) atoms. The lowest BCUT2D eigenvalue weighted by Gasteiger charge is -2.28. The molecule has 1 aromatic rings. The van der Waals surface area contributed by atoms with E-state index in [4.69, 9.17) is 4.74 Å². The number of benzene rings is 1. The number of likely N-dealkylation sites (N-methyl/N-ethyl adjacent to an activating group) is 1. The second-order valence-corrected chi connectivity index (χ2v) is 4.62. The molecular weight excluding hydrogens is 228 g/mol. The smallest absolute Gasteiger partial charge is 0.236 e. The lowest BCUT2D eigenvalue weighted by Crippen LogP contribution is -2.43. The molecule has 1 amide bonds. The van der Waals surface area contributed by atoms with Crippen LogP contribution in [0.15, 0.2) is 30.3 Å². The van der Waals surface area contributed by atoms with Gasteiger partial charge in [0, 0.05) is 26.7 Å². The molecule has 4 heteroatoms. The number of ether oxygens (including phenoxy) is 1. The van der Waals surface area contributed by atoms with Gasteiger partial charge in [-0.25, -0.2) is 0 Å². The third-order valence-corrected chi connectivity index (χ3v) is 3.15. The van der Waals surface area contributed by atoms with E-state index in [-0.39, 0.29) is 5.91 Å². The third-order valence-electron chi connectivity index (χ3n) is 3.15. The summed E-state index contributed by atoms with van der Waals surface area (Å²) in [6.45, 7) is 4.33. The van der Waals surface area contributed by atoms with Crippen molar-refractivity contribution < 1.29 is 9.53 Å². The van der Waals surface area contributed by atoms with Crippen molar-refractivity contribution >= 4 is 5.91 Å². The van der Waals surface area contributed by atoms with Gasteiger partial charge in [-0.1, -0.05) is 30.3 Å². The predicted molar refractivity (Wildman–Crippen MR) is 70.2 cm³/mol. The van der Waals surface area contributed by atoms with Crippen molar-refractivity contribution in [2.24, 2.45) is 0 Å². The van der Waals surface area contributed by atoms with Crippen LogP contribution in [0.3, 0.4) is 0 Å². The minimum atomic E-state index is 0.167. The molecule has 0 atom stereocenters. The van der Waals surface area contributed by atoms with E-state index in [1.54, 1.807) is 4.90 Å². The zero-order valence-electron chi connectivity index (χ0n) is 10.8. The van der Waals surface area contributed by atoms with Gasteiger partial charge in [0.1, 0.15) is 0 Å². The summed E-state index contributed by atoms with van der Waals surface area (Å²) in [5.74, 6) is 0.167. The van der Waals surface area contributed by atoms with Crippen LogP contribution in [0.5, 0.6) is 0 Å². The molecular formula is C14H20N2O2. The molecule has 0 radical (unpaired) electrons. The van der Waals surface area contributed by atoms with Gasteiger partial charge in [0.05, 0.1) is 19.8 Å². The summed E-state index contributed by atoms with van der Waals surface area (Å²) in [6, 6.07) is 10.1. The zero-order valence-corrected chi connectivity index (χ0v) is 10.8. The molecule has 1 aromatic carbocycles. The SMILES string of the molecule is CN(Cc1ccccc1)C(=O)CN1CCOCC1. The van der Waals surface area contributed by atoms with Crippen molar-refractivity contribution in [3.63, 3.8) is 0 Å². The fraction of sp³-hybridized carbons (Fsp3) is 0.500. The first kappa shape index (κ1) is 13.1. The highest BCUT2D eigenvalue weighted by atomic mass is 16.5. The second-order valence-electron chi connectivity index (χ2n) is 4.62. The Balaban J connectivity index is 1.81. The molecule has 1 saturated heterocycles. The van der Waals surface area contributed by atoms with Gasteiger partial charge in [-0.15, -0.1) is 0 Å². The fourth-order valence-corrected chi connectivity index (χ4v) is 2.02.